The lowest BCUT2D eigenvalue weighted by Gasteiger charge is -2.24. The molecule has 0 saturated heterocycles. The molecule has 86 valence electrons. The normalized spacial score (nSPS) is 14.8. The van der Waals surface area contributed by atoms with E-state index in [0.29, 0.717) is 11.5 Å². The highest BCUT2D eigenvalue weighted by Gasteiger charge is 2.11. The molecule has 2 nitrogen and oxygen atoms in total. The third-order valence-corrected chi connectivity index (χ3v) is 2.56. The van der Waals surface area contributed by atoms with E-state index in [1.165, 1.54) is 13.0 Å². The molecule has 0 rings (SSSR count). The Morgan fingerprint density at radius 3 is 2.21 bits per heavy atom. The summed E-state index contributed by atoms with van der Waals surface area (Å²) in [6.07, 6.45) is 2.76. The van der Waals surface area contributed by atoms with Crippen LogP contribution in [-0.4, -0.2) is 38.3 Å². The second kappa shape index (κ2) is 6.41. The Balaban J connectivity index is 3.51. The van der Waals surface area contributed by atoms with Crippen LogP contribution in [-0.2, 0) is 4.74 Å². The second-order valence-electron chi connectivity index (χ2n) is 5.45. The molecule has 1 atom stereocenters. The predicted molar refractivity (Wildman–Crippen MR) is 62.7 cm³/mol. The molecule has 0 aliphatic heterocycles. The Morgan fingerprint density at radius 2 is 1.79 bits per heavy atom. The van der Waals surface area contributed by atoms with Gasteiger partial charge in [-0.05, 0) is 38.8 Å². The number of nitrogens with zero attached hydrogens (tertiary/aromatic N) is 1. The Labute approximate surface area is 89.6 Å². The maximum absolute atomic E-state index is 5.22. The van der Waals surface area contributed by atoms with Crippen LogP contribution in [0, 0.1) is 5.41 Å². The highest BCUT2D eigenvalue weighted by atomic mass is 16.5. The van der Waals surface area contributed by atoms with Crippen molar-refractivity contribution in [1.29, 1.82) is 0 Å². The molecule has 0 aliphatic carbocycles. The zero-order valence-corrected chi connectivity index (χ0v) is 10.8. The van der Waals surface area contributed by atoms with Crippen molar-refractivity contribution in [2.75, 3.05) is 27.2 Å². The summed E-state index contributed by atoms with van der Waals surface area (Å²) in [6, 6.07) is 0. The summed E-state index contributed by atoms with van der Waals surface area (Å²) in [7, 11) is 3.97. The van der Waals surface area contributed by atoms with Gasteiger partial charge in [-0.1, -0.05) is 20.8 Å². The van der Waals surface area contributed by atoms with Crippen molar-refractivity contribution >= 4 is 0 Å². The topological polar surface area (TPSA) is 12.5 Å². The number of rotatable bonds is 6. The lowest BCUT2D eigenvalue weighted by molar-refractivity contribution is 0.0993. The molecular formula is C12H27NO. The van der Waals surface area contributed by atoms with Gasteiger partial charge in [-0.2, -0.15) is 0 Å². The average molecular weight is 201 g/mol. The zero-order valence-electron chi connectivity index (χ0n) is 10.8. The Kier molecular flexibility index (Phi) is 6.38. The molecule has 0 aromatic rings. The van der Waals surface area contributed by atoms with Crippen molar-refractivity contribution < 1.29 is 4.74 Å². The van der Waals surface area contributed by atoms with Gasteiger partial charge in [0.2, 0.25) is 0 Å². The maximum Gasteiger partial charge on any atom is 0.0555 e. The van der Waals surface area contributed by atoms with Gasteiger partial charge in [0, 0.05) is 13.7 Å². The molecule has 14 heavy (non-hydrogen) atoms. The van der Waals surface area contributed by atoms with E-state index in [9.17, 15) is 0 Å². The van der Waals surface area contributed by atoms with Crippen molar-refractivity contribution in [2.45, 2.75) is 46.6 Å². The van der Waals surface area contributed by atoms with Gasteiger partial charge in [0.1, 0.15) is 0 Å². The first-order valence-electron chi connectivity index (χ1n) is 5.56. The molecule has 0 aliphatic rings. The maximum atomic E-state index is 5.22. The summed E-state index contributed by atoms with van der Waals surface area (Å²) < 4.78 is 5.22. The molecule has 0 spiro atoms. The van der Waals surface area contributed by atoms with Crippen molar-refractivity contribution in [3.8, 4) is 0 Å². The average Bonchev–Trinajstić information content (AvgIpc) is 2.09. The van der Waals surface area contributed by atoms with Crippen LogP contribution in [0.15, 0.2) is 0 Å². The lowest BCUT2D eigenvalue weighted by atomic mass is 9.92. The summed E-state index contributed by atoms with van der Waals surface area (Å²) in [5, 5.41) is 0. The molecule has 0 heterocycles. The highest BCUT2D eigenvalue weighted by Crippen LogP contribution is 2.18. The second-order valence-corrected chi connectivity index (χ2v) is 5.45. The van der Waals surface area contributed by atoms with E-state index in [-0.39, 0.29) is 0 Å². The minimum atomic E-state index is 0.382. The minimum absolute atomic E-state index is 0.382. The van der Waals surface area contributed by atoms with Crippen LogP contribution in [0.2, 0.25) is 0 Å². The molecular weight excluding hydrogens is 174 g/mol. The summed E-state index contributed by atoms with van der Waals surface area (Å²) in [6.45, 7) is 11.3. The largest absolute Gasteiger partial charge is 0.382 e. The lowest BCUT2D eigenvalue weighted by Crippen LogP contribution is -2.26. The SMILES string of the molecule is COC(C)CCN(C)CCC(C)(C)C. The van der Waals surface area contributed by atoms with E-state index < -0.39 is 0 Å². The molecule has 1 unspecified atom stereocenters. The molecule has 0 bridgehead atoms. The first kappa shape index (κ1) is 13.9. The minimum Gasteiger partial charge on any atom is -0.382 e. The Hall–Kier alpha value is -0.0800. The molecule has 0 fully saturated rings. The number of hydrogen-bond donors (Lipinski definition) is 0. The first-order valence-corrected chi connectivity index (χ1v) is 5.56. The monoisotopic (exact) mass is 201 g/mol. The van der Waals surface area contributed by atoms with Crippen molar-refractivity contribution in [3.05, 3.63) is 0 Å². The number of ether oxygens (including phenoxy) is 1. The standard InChI is InChI=1S/C12H27NO/c1-11(14-6)7-9-13(5)10-8-12(2,3)4/h11H,7-10H2,1-6H3. The van der Waals surface area contributed by atoms with Gasteiger partial charge >= 0.3 is 0 Å². The van der Waals surface area contributed by atoms with Gasteiger partial charge in [0.25, 0.3) is 0 Å². The highest BCUT2D eigenvalue weighted by molar-refractivity contribution is 4.64. The molecule has 0 radical (unpaired) electrons. The molecule has 2 heteroatoms. The molecule has 0 aromatic heterocycles. The van der Waals surface area contributed by atoms with Gasteiger partial charge in [-0.25, -0.2) is 0 Å². The van der Waals surface area contributed by atoms with Gasteiger partial charge < -0.3 is 9.64 Å². The van der Waals surface area contributed by atoms with E-state index in [4.69, 9.17) is 4.74 Å². The van der Waals surface area contributed by atoms with Crippen LogP contribution >= 0.6 is 0 Å². The summed E-state index contributed by atoms with van der Waals surface area (Å²) in [4.78, 5) is 2.39. The van der Waals surface area contributed by atoms with E-state index in [0.717, 1.165) is 13.0 Å². The van der Waals surface area contributed by atoms with Crippen LogP contribution in [0.4, 0.5) is 0 Å². The fourth-order valence-corrected chi connectivity index (χ4v) is 1.16. The fourth-order valence-electron chi connectivity index (χ4n) is 1.16. The van der Waals surface area contributed by atoms with Gasteiger partial charge in [-0.15, -0.1) is 0 Å². The zero-order chi connectivity index (χ0) is 11.2. The smallest absolute Gasteiger partial charge is 0.0555 e. The van der Waals surface area contributed by atoms with Crippen LogP contribution < -0.4 is 0 Å². The molecule has 0 amide bonds. The van der Waals surface area contributed by atoms with Crippen LogP contribution in [0.1, 0.15) is 40.5 Å². The van der Waals surface area contributed by atoms with Crippen molar-refractivity contribution in [3.63, 3.8) is 0 Å². The van der Waals surface area contributed by atoms with Gasteiger partial charge in [0.15, 0.2) is 0 Å². The third-order valence-electron chi connectivity index (χ3n) is 2.56. The fraction of sp³-hybridized carbons (Fsp3) is 1.00. The summed E-state index contributed by atoms with van der Waals surface area (Å²) in [5.74, 6) is 0. The van der Waals surface area contributed by atoms with E-state index in [1.54, 1.807) is 7.11 Å². The van der Waals surface area contributed by atoms with Crippen molar-refractivity contribution in [1.82, 2.24) is 4.90 Å². The van der Waals surface area contributed by atoms with Crippen LogP contribution in [0.25, 0.3) is 0 Å². The molecule has 0 saturated carbocycles. The van der Waals surface area contributed by atoms with Crippen molar-refractivity contribution in [2.24, 2.45) is 5.41 Å². The van der Waals surface area contributed by atoms with Gasteiger partial charge in [-0.3, -0.25) is 0 Å². The molecule has 0 aromatic carbocycles. The van der Waals surface area contributed by atoms with Crippen LogP contribution in [0.5, 0.6) is 0 Å². The summed E-state index contributed by atoms with van der Waals surface area (Å²) >= 11 is 0. The first-order chi connectivity index (χ1) is 6.35. The third kappa shape index (κ3) is 8.52. The molecule has 0 N–H and O–H groups in total. The van der Waals surface area contributed by atoms with Gasteiger partial charge in [0.05, 0.1) is 6.10 Å². The van der Waals surface area contributed by atoms with E-state index in [2.05, 4.69) is 39.6 Å². The predicted octanol–water partition coefficient (Wildman–Crippen LogP) is 2.78. The number of methoxy groups -OCH3 is 1. The van der Waals surface area contributed by atoms with E-state index >= 15 is 0 Å². The van der Waals surface area contributed by atoms with Crippen LogP contribution in [0.3, 0.4) is 0 Å². The quantitative estimate of drug-likeness (QED) is 0.655. The summed E-state index contributed by atoms with van der Waals surface area (Å²) in [5.41, 5.74) is 0.446. The Morgan fingerprint density at radius 1 is 1.21 bits per heavy atom. The van der Waals surface area contributed by atoms with E-state index in [1.807, 2.05) is 0 Å². The number of hydrogen-bond acceptors (Lipinski definition) is 2. The Bertz CT molecular complexity index is 140.